The number of hydrogen-bond acceptors (Lipinski definition) is 2. The minimum absolute atomic E-state index is 0.00391. The van der Waals surface area contributed by atoms with E-state index in [1.165, 1.54) is 0 Å². The van der Waals surface area contributed by atoms with Crippen molar-refractivity contribution in [2.24, 2.45) is 5.92 Å². The minimum Gasteiger partial charge on any atom is -0.460 e. The molecule has 12 heavy (non-hydrogen) atoms. The molecule has 68 valence electrons. The van der Waals surface area contributed by atoms with E-state index in [4.69, 9.17) is 4.74 Å². The molecule has 0 N–H and O–H groups in total. The summed E-state index contributed by atoms with van der Waals surface area (Å²) in [7, 11) is 0. The van der Waals surface area contributed by atoms with Crippen LogP contribution in [0.4, 0.5) is 0 Å². The maximum Gasteiger partial charge on any atom is 0.313 e. The highest BCUT2D eigenvalue weighted by Crippen LogP contribution is 2.20. The molecule has 0 aromatic heterocycles. The molecule has 0 aromatic rings. The molecule has 0 saturated heterocycles. The van der Waals surface area contributed by atoms with E-state index < -0.39 is 0 Å². The largest absolute Gasteiger partial charge is 0.460 e. The summed E-state index contributed by atoms with van der Waals surface area (Å²) < 4.78 is 5.23. The van der Waals surface area contributed by atoms with Crippen LogP contribution in [0.25, 0.3) is 0 Å². The lowest BCUT2D eigenvalue weighted by Crippen LogP contribution is -2.27. The third-order valence-electron chi connectivity index (χ3n) is 1.72. The Kier molecular flexibility index (Phi) is 2.55. The zero-order chi connectivity index (χ0) is 9.19. The Bertz CT molecular complexity index is 198. The van der Waals surface area contributed by atoms with Gasteiger partial charge in [0.1, 0.15) is 5.60 Å². The van der Waals surface area contributed by atoms with E-state index in [0.29, 0.717) is 0 Å². The van der Waals surface area contributed by atoms with E-state index in [1.54, 1.807) is 0 Å². The molecular formula is C10H16O2. The minimum atomic E-state index is -0.354. The topological polar surface area (TPSA) is 26.3 Å². The highest BCUT2D eigenvalue weighted by Gasteiger charge is 2.24. The van der Waals surface area contributed by atoms with Crippen molar-refractivity contribution in [2.75, 3.05) is 0 Å². The van der Waals surface area contributed by atoms with Crippen LogP contribution >= 0.6 is 0 Å². The lowest BCUT2D eigenvalue weighted by atomic mass is 10.1. The van der Waals surface area contributed by atoms with Gasteiger partial charge < -0.3 is 4.74 Å². The Balaban J connectivity index is 2.43. The molecule has 0 saturated carbocycles. The maximum atomic E-state index is 11.4. The highest BCUT2D eigenvalue weighted by atomic mass is 16.6. The Morgan fingerprint density at radius 1 is 1.50 bits per heavy atom. The molecule has 1 atom stereocenters. The van der Waals surface area contributed by atoms with Gasteiger partial charge in [0.15, 0.2) is 0 Å². The average molecular weight is 168 g/mol. The summed E-state index contributed by atoms with van der Waals surface area (Å²) >= 11 is 0. The summed E-state index contributed by atoms with van der Waals surface area (Å²) in [5, 5.41) is 0. The monoisotopic (exact) mass is 168 g/mol. The molecule has 0 amide bonds. The molecule has 1 aliphatic rings. The molecule has 1 rings (SSSR count). The fourth-order valence-electron chi connectivity index (χ4n) is 1.21. The smallest absolute Gasteiger partial charge is 0.313 e. The summed E-state index contributed by atoms with van der Waals surface area (Å²) in [5.74, 6) is -0.0829. The molecule has 0 radical (unpaired) electrons. The molecular weight excluding hydrogens is 152 g/mol. The van der Waals surface area contributed by atoms with E-state index in [0.717, 1.165) is 12.8 Å². The second-order valence-electron chi connectivity index (χ2n) is 4.15. The lowest BCUT2D eigenvalue weighted by Gasteiger charge is -2.21. The van der Waals surface area contributed by atoms with Gasteiger partial charge in [-0.2, -0.15) is 0 Å². The quantitative estimate of drug-likeness (QED) is 0.443. The molecule has 1 unspecified atom stereocenters. The van der Waals surface area contributed by atoms with Gasteiger partial charge in [-0.3, -0.25) is 4.79 Å². The van der Waals surface area contributed by atoms with Gasteiger partial charge in [-0.25, -0.2) is 0 Å². The van der Waals surface area contributed by atoms with Crippen molar-refractivity contribution in [1.82, 2.24) is 0 Å². The van der Waals surface area contributed by atoms with E-state index in [2.05, 4.69) is 0 Å². The van der Waals surface area contributed by atoms with Crippen LogP contribution in [0.3, 0.4) is 0 Å². The average Bonchev–Trinajstić information content (AvgIpc) is 2.32. The number of allylic oxidation sites excluding steroid dienone is 1. The second-order valence-corrected chi connectivity index (χ2v) is 4.15. The van der Waals surface area contributed by atoms with Crippen LogP contribution in [0.5, 0.6) is 0 Å². The van der Waals surface area contributed by atoms with Gasteiger partial charge in [0.05, 0.1) is 5.92 Å². The molecule has 0 spiro atoms. The van der Waals surface area contributed by atoms with Gasteiger partial charge in [0.25, 0.3) is 0 Å². The summed E-state index contributed by atoms with van der Waals surface area (Å²) in [4.78, 5) is 11.4. The van der Waals surface area contributed by atoms with Crippen LogP contribution in [0.1, 0.15) is 33.6 Å². The number of carbonyl (C=O) groups is 1. The van der Waals surface area contributed by atoms with Crippen LogP contribution < -0.4 is 0 Å². The van der Waals surface area contributed by atoms with Crippen molar-refractivity contribution in [3.63, 3.8) is 0 Å². The van der Waals surface area contributed by atoms with Crippen LogP contribution in [0, 0.1) is 5.92 Å². The molecule has 0 fully saturated rings. The van der Waals surface area contributed by atoms with Gasteiger partial charge in [0.2, 0.25) is 0 Å². The first kappa shape index (κ1) is 9.30. The van der Waals surface area contributed by atoms with Crippen LogP contribution in [0.15, 0.2) is 12.2 Å². The van der Waals surface area contributed by atoms with Gasteiger partial charge in [0, 0.05) is 0 Å². The summed E-state index contributed by atoms with van der Waals surface area (Å²) in [6.45, 7) is 5.68. The van der Waals surface area contributed by atoms with Crippen molar-refractivity contribution in [2.45, 2.75) is 39.2 Å². The Morgan fingerprint density at radius 2 is 2.17 bits per heavy atom. The highest BCUT2D eigenvalue weighted by molar-refractivity contribution is 5.75. The molecule has 2 nitrogen and oxygen atoms in total. The van der Waals surface area contributed by atoms with E-state index >= 15 is 0 Å². The van der Waals surface area contributed by atoms with Gasteiger partial charge in [-0.15, -0.1) is 0 Å². The Labute approximate surface area is 73.6 Å². The predicted molar refractivity (Wildman–Crippen MR) is 47.7 cm³/mol. The summed E-state index contributed by atoms with van der Waals surface area (Å²) in [5.41, 5.74) is -0.354. The number of carbonyl (C=O) groups excluding carboxylic acids is 1. The lowest BCUT2D eigenvalue weighted by molar-refractivity contribution is -0.158. The number of rotatable bonds is 1. The van der Waals surface area contributed by atoms with Crippen molar-refractivity contribution >= 4 is 5.97 Å². The zero-order valence-electron chi connectivity index (χ0n) is 7.96. The molecule has 0 aromatic carbocycles. The standard InChI is InChI=1S/C10H16O2/c1-10(2,3)12-9(11)8-6-4-5-7-8/h4,6,8H,5,7H2,1-3H3. The normalized spacial score (nSPS) is 22.8. The molecule has 1 aliphatic carbocycles. The van der Waals surface area contributed by atoms with Gasteiger partial charge >= 0.3 is 5.97 Å². The maximum absolute atomic E-state index is 11.4. The molecule has 0 bridgehead atoms. The van der Waals surface area contributed by atoms with E-state index in [-0.39, 0.29) is 17.5 Å². The first-order valence-corrected chi connectivity index (χ1v) is 4.38. The van der Waals surface area contributed by atoms with Crippen molar-refractivity contribution in [3.8, 4) is 0 Å². The Morgan fingerprint density at radius 3 is 2.58 bits per heavy atom. The van der Waals surface area contributed by atoms with Crippen LogP contribution in [-0.2, 0) is 9.53 Å². The SMILES string of the molecule is CC(C)(C)OC(=O)C1C=CCC1. The van der Waals surface area contributed by atoms with E-state index in [1.807, 2.05) is 32.9 Å². The number of ether oxygens (including phenoxy) is 1. The molecule has 0 aliphatic heterocycles. The first-order chi connectivity index (χ1) is 5.49. The van der Waals surface area contributed by atoms with Gasteiger partial charge in [-0.05, 0) is 33.6 Å². The third-order valence-corrected chi connectivity index (χ3v) is 1.72. The van der Waals surface area contributed by atoms with Crippen molar-refractivity contribution < 1.29 is 9.53 Å². The molecule has 2 heteroatoms. The van der Waals surface area contributed by atoms with Crippen molar-refractivity contribution in [1.29, 1.82) is 0 Å². The summed E-state index contributed by atoms with van der Waals surface area (Å²) in [6, 6.07) is 0. The fourth-order valence-corrected chi connectivity index (χ4v) is 1.21. The van der Waals surface area contributed by atoms with Crippen LogP contribution in [0.2, 0.25) is 0 Å². The second kappa shape index (κ2) is 3.30. The van der Waals surface area contributed by atoms with Crippen molar-refractivity contribution in [3.05, 3.63) is 12.2 Å². The fraction of sp³-hybridized carbons (Fsp3) is 0.700. The zero-order valence-corrected chi connectivity index (χ0v) is 7.96. The molecule has 0 heterocycles. The summed E-state index contributed by atoms with van der Waals surface area (Å²) in [6.07, 6.45) is 5.89. The number of esters is 1. The predicted octanol–water partition coefficient (Wildman–Crippen LogP) is 2.29. The Hall–Kier alpha value is -0.790. The van der Waals surface area contributed by atoms with Crippen LogP contribution in [-0.4, -0.2) is 11.6 Å². The number of hydrogen-bond donors (Lipinski definition) is 0. The third kappa shape index (κ3) is 2.68. The van der Waals surface area contributed by atoms with Gasteiger partial charge in [-0.1, -0.05) is 12.2 Å². The van der Waals surface area contributed by atoms with E-state index in [9.17, 15) is 4.79 Å². The first-order valence-electron chi connectivity index (χ1n) is 4.38.